The van der Waals surface area contributed by atoms with E-state index in [0.29, 0.717) is 16.9 Å². The highest BCUT2D eigenvalue weighted by Crippen LogP contribution is 2.25. The second-order valence-electron chi connectivity index (χ2n) is 3.89. The summed E-state index contributed by atoms with van der Waals surface area (Å²) in [5.74, 6) is -0.862. The molecule has 0 fully saturated rings. The van der Waals surface area contributed by atoms with Gasteiger partial charge in [-0.25, -0.2) is 4.98 Å². The molecule has 0 aliphatic carbocycles. The Labute approximate surface area is 106 Å². The van der Waals surface area contributed by atoms with Crippen molar-refractivity contribution in [2.75, 3.05) is 0 Å². The van der Waals surface area contributed by atoms with Gasteiger partial charge in [0.15, 0.2) is 5.65 Å². The molecule has 0 N–H and O–H groups in total. The molecular formula is C12H7FN4O2. The van der Waals surface area contributed by atoms with Gasteiger partial charge in [0.25, 0.3) is 0 Å². The molecular weight excluding hydrogens is 251 g/mol. The zero-order chi connectivity index (χ0) is 13.4. The second-order valence-corrected chi connectivity index (χ2v) is 3.89. The van der Waals surface area contributed by atoms with E-state index in [-0.39, 0.29) is 0 Å². The van der Waals surface area contributed by atoms with Crippen molar-refractivity contribution in [3.05, 3.63) is 58.9 Å². The fourth-order valence-corrected chi connectivity index (χ4v) is 1.79. The van der Waals surface area contributed by atoms with Crippen LogP contribution >= 0.6 is 0 Å². The summed E-state index contributed by atoms with van der Waals surface area (Å²) in [6.45, 7) is 0. The van der Waals surface area contributed by atoms with Crippen molar-refractivity contribution in [3.8, 4) is 11.3 Å². The van der Waals surface area contributed by atoms with Gasteiger partial charge in [-0.15, -0.1) is 0 Å². The monoisotopic (exact) mass is 258 g/mol. The Morgan fingerprint density at radius 1 is 1.37 bits per heavy atom. The molecule has 0 bridgehead atoms. The van der Waals surface area contributed by atoms with Crippen LogP contribution in [-0.4, -0.2) is 19.3 Å². The molecule has 3 rings (SSSR count). The van der Waals surface area contributed by atoms with E-state index >= 15 is 0 Å². The lowest BCUT2D eigenvalue weighted by Gasteiger charge is -1.97. The molecule has 1 aromatic carbocycles. The number of fused-ring (bicyclic) bond motifs is 1. The molecule has 0 unspecified atom stereocenters. The number of nitro benzene ring substituents is 1. The molecule has 6 nitrogen and oxygen atoms in total. The maximum Gasteiger partial charge on any atom is 0.305 e. The number of nitro groups is 1. The Kier molecular flexibility index (Phi) is 2.45. The Hall–Kier alpha value is -2.83. The Bertz CT molecular complexity index is 751. The molecule has 0 aliphatic rings. The van der Waals surface area contributed by atoms with E-state index in [0.717, 1.165) is 6.07 Å². The highest BCUT2D eigenvalue weighted by molar-refractivity contribution is 5.65. The maximum atomic E-state index is 13.3. The smallest absolute Gasteiger partial charge is 0.304 e. The van der Waals surface area contributed by atoms with Crippen LogP contribution in [0.1, 0.15) is 0 Å². The average molecular weight is 258 g/mol. The zero-order valence-electron chi connectivity index (χ0n) is 9.52. The normalized spacial score (nSPS) is 10.8. The van der Waals surface area contributed by atoms with Crippen molar-refractivity contribution < 1.29 is 9.31 Å². The Balaban J connectivity index is 2.16. The molecule has 19 heavy (non-hydrogen) atoms. The minimum absolute atomic E-state index is 0.483. The maximum absolute atomic E-state index is 13.3. The largest absolute Gasteiger partial charge is 0.305 e. The van der Waals surface area contributed by atoms with Gasteiger partial charge in [0.05, 0.1) is 16.8 Å². The number of rotatable bonds is 2. The lowest BCUT2D eigenvalue weighted by molar-refractivity contribution is -0.387. The van der Waals surface area contributed by atoms with Gasteiger partial charge < -0.3 is 4.40 Å². The highest BCUT2D eigenvalue weighted by atomic mass is 19.1. The minimum Gasteiger partial charge on any atom is -0.304 e. The van der Waals surface area contributed by atoms with Crippen molar-refractivity contribution >= 4 is 11.3 Å². The van der Waals surface area contributed by atoms with Gasteiger partial charge in [-0.1, -0.05) is 0 Å². The van der Waals surface area contributed by atoms with Crippen LogP contribution in [-0.2, 0) is 0 Å². The van der Waals surface area contributed by atoms with E-state index in [4.69, 9.17) is 0 Å². The fraction of sp³-hybridized carbons (Fsp3) is 0. The number of hydrogen-bond donors (Lipinski definition) is 0. The van der Waals surface area contributed by atoms with E-state index < -0.39 is 16.4 Å². The quantitative estimate of drug-likeness (QED) is 0.522. The number of aromatic nitrogens is 3. The SMILES string of the molecule is O=[N+]([O-])c1cc(-c2cn3ccncc3n2)ccc1F. The number of nitrogens with zero attached hydrogens (tertiary/aromatic N) is 4. The third-order valence-corrected chi connectivity index (χ3v) is 2.70. The molecule has 7 heteroatoms. The van der Waals surface area contributed by atoms with Crippen LogP contribution in [0.15, 0.2) is 43.0 Å². The third-order valence-electron chi connectivity index (χ3n) is 2.70. The van der Waals surface area contributed by atoms with Gasteiger partial charge in [-0.3, -0.25) is 15.1 Å². The van der Waals surface area contributed by atoms with Gasteiger partial charge in [0, 0.05) is 30.2 Å². The van der Waals surface area contributed by atoms with Crippen molar-refractivity contribution in [2.45, 2.75) is 0 Å². The van der Waals surface area contributed by atoms with Crippen LogP contribution in [0, 0.1) is 15.9 Å². The van der Waals surface area contributed by atoms with Gasteiger partial charge in [-0.05, 0) is 12.1 Å². The molecule has 0 amide bonds. The van der Waals surface area contributed by atoms with Crippen molar-refractivity contribution in [1.29, 1.82) is 0 Å². The molecule has 2 heterocycles. The molecule has 0 saturated carbocycles. The van der Waals surface area contributed by atoms with Crippen LogP contribution < -0.4 is 0 Å². The minimum atomic E-state index is -0.862. The van der Waals surface area contributed by atoms with Crippen LogP contribution in [0.25, 0.3) is 16.9 Å². The Morgan fingerprint density at radius 2 is 2.21 bits per heavy atom. The first kappa shape index (κ1) is 11.3. The molecule has 0 spiro atoms. The fourth-order valence-electron chi connectivity index (χ4n) is 1.79. The third kappa shape index (κ3) is 1.90. The van der Waals surface area contributed by atoms with E-state index in [2.05, 4.69) is 9.97 Å². The van der Waals surface area contributed by atoms with Crippen molar-refractivity contribution in [3.63, 3.8) is 0 Å². The lowest BCUT2D eigenvalue weighted by atomic mass is 10.1. The van der Waals surface area contributed by atoms with E-state index in [1.807, 2.05) is 0 Å². The summed E-state index contributed by atoms with van der Waals surface area (Å²) in [5.41, 5.74) is 1.06. The number of imidazole rings is 1. The second kappa shape index (κ2) is 4.13. The van der Waals surface area contributed by atoms with Crippen LogP contribution in [0.5, 0.6) is 0 Å². The molecule has 0 aliphatic heterocycles. The summed E-state index contributed by atoms with van der Waals surface area (Å²) in [4.78, 5) is 18.2. The van der Waals surface area contributed by atoms with Gasteiger partial charge in [-0.2, -0.15) is 4.39 Å². The highest BCUT2D eigenvalue weighted by Gasteiger charge is 2.16. The van der Waals surface area contributed by atoms with E-state index in [1.54, 1.807) is 29.2 Å². The summed E-state index contributed by atoms with van der Waals surface area (Å²) in [5, 5.41) is 10.7. The van der Waals surface area contributed by atoms with Gasteiger partial charge >= 0.3 is 5.69 Å². The first-order valence-electron chi connectivity index (χ1n) is 5.38. The van der Waals surface area contributed by atoms with Crippen molar-refractivity contribution in [2.24, 2.45) is 0 Å². The van der Waals surface area contributed by atoms with E-state index in [9.17, 15) is 14.5 Å². The molecule has 3 aromatic rings. The van der Waals surface area contributed by atoms with Crippen LogP contribution in [0.2, 0.25) is 0 Å². The van der Waals surface area contributed by atoms with Crippen molar-refractivity contribution in [1.82, 2.24) is 14.4 Å². The first-order valence-corrected chi connectivity index (χ1v) is 5.38. The standard InChI is InChI=1S/C12H7FN4O2/c13-9-2-1-8(5-11(9)17(18)19)10-7-16-4-3-14-6-12(16)15-10/h1-7H. The van der Waals surface area contributed by atoms with Crippen LogP contribution in [0.3, 0.4) is 0 Å². The summed E-state index contributed by atoms with van der Waals surface area (Å²) in [6.07, 6.45) is 6.59. The molecule has 0 saturated heterocycles. The van der Waals surface area contributed by atoms with Gasteiger partial charge in [0.1, 0.15) is 0 Å². The van der Waals surface area contributed by atoms with E-state index in [1.165, 1.54) is 12.1 Å². The average Bonchev–Trinajstić information content (AvgIpc) is 2.82. The summed E-state index contributed by atoms with van der Waals surface area (Å²) < 4.78 is 15.0. The molecule has 0 radical (unpaired) electrons. The molecule has 2 aromatic heterocycles. The summed E-state index contributed by atoms with van der Waals surface area (Å²) >= 11 is 0. The Morgan fingerprint density at radius 3 is 2.95 bits per heavy atom. The van der Waals surface area contributed by atoms with Crippen LogP contribution in [0.4, 0.5) is 10.1 Å². The van der Waals surface area contributed by atoms with Gasteiger partial charge in [0.2, 0.25) is 5.82 Å². The summed E-state index contributed by atoms with van der Waals surface area (Å²) in [6, 6.07) is 3.69. The first-order chi connectivity index (χ1) is 9.15. The lowest BCUT2D eigenvalue weighted by Crippen LogP contribution is -1.92. The zero-order valence-corrected chi connectivity index (χ0v) is 9.52. The summed E-state index contributed by atoms with van der Waals surface area (Å²) in [7, 11) is 0. The molecule has 94 valence electrons. The predicted molar refractivity (Wildman–Crippen MR) is 65.0 cm³/mol. The number of benzene rings is 1. The number of halogens is 1. The topological polar surface area (TPSA) is 73.3 Å². The predicted octanol–water partition coefficient (Wildman–Crippen LogP) is 2.44. The molecule has 0 atom stereocenters. The number of hydrogen-bond acceptors (Lipinski definition) is 4.